The van der Waals surface area contributed by atoms with Gasteiger partial charge in [0, 0.05) is 17.2 Å². The minimum Gasteiger partial charge on any atom is -0.495 e. The molecule has 0 fully saturated rings. The summed E-state index contributed by atoms with van der Waals surface area (Å²) in [5.74, 6) is 0.845. The van der Waals surface area contributed by atoms with Gasteiger partial charge in [-0.05, 0) is 43.7 Å². The van der Waals surface area contributed by atoms with Crippen molar-refractivity contribution in [2.45, 2.75) is 31.2 Å². The Hall–Kier alpha value is -2.71. The molecule has 0 aliphatic carbocycles. The zero-order chi connectivity index (χ0) is 19.4. The number of nitrogens with one attached hydrogen (secondary N) is 1. The molecule has 0 spiro atoms. The molecular formula is C19H21N3O4S. The molecule has 1 aromatic heterocycles. The summed E-state index contributed by atoms with van der Waals surface area (Å²) in [4.78, 5) is 0.0299. The first-order valence-corrected chi connectivity index (χ1v) is 10.0. The summed E-state index contributed by atoms with van der Waals surface area (Å²) in [6.45, 7) is 3.71. The van der Waals surface area contributed by atoms with E-state index in [1.165, 1.54) is 13.2 Å². The third-order valence-electron chi connectivity index (χ3n) is 4.11. The second-order valence-corrected chi connectivity index (χ2v) is 7.76. The lowest BCUT2D eigenvalue weighted by Crippen LogP contribution is -2.32. The van der Waals surface area contributed by atoms with Crippen LogP contribution in [0.5, 0.6) is 5.75 Å². The first-order valence-electron chi connectivity index (χ1n) is 8.54. The van der Waals surface area contributed by atoms with E-state index >= 15 is 0 Å². The Bertz CT molecular complexity index is 1020. The summed E-state index contributed by atoms with van der Waals surface area (Å²) < 4.78 is 39.0. The number of benzene rings is 2. The predicted molar refractivity (Wildman–Crippen MR) is 102 cm³/mol. The van der Waals surface area contributed by atoms with Gasteiger partial charge in [0.1, 0.15) is 10.6 Å². The minimum atomic E-state index is -3.76. The first-order chi connectivity index (χ1) is 12.9. The fourth-order valence-electron chi connectivity index (χ4n) is 2.47. The Morgan fingerprint density at radius 2 is 1.74 bits per heavy atom. The molecule has 27 heavy (non-hydrogen) atoms. The monoisotopic (exact) mass is 387 g/mol. The molecule has 1 atom stereocenters. The normalized spacial score (nSPS) is 12.7. The smallest absolute Gasteiger partial charge is 0.248 e. The highest BCUT2D eigenvalue weighted by Crippen LogP contribution is 2.31. The van der Waals surface area contributed by atoms with Crippen molar-refractivity contribution in [1.82, 2.24) is 14.9 Å². The largest absolute Gasteiger partial charge is 0.495 e. The molecular weight excluding hydrogens is 366 g/mol. The molecule has 0 aliphatic heterocycles. The summed E-state index contributed by atoms with van der Waals surface area (Å²) in [6, 6.07) is 13.9. The second-order valence-electron chi connectivity index (χ2n) is 6.07. The average Bonchev–Trinajstić information content (AvgIpc) is 3.18. The van der Waals surface area contributed by atoms with Crippen molar-refractivity contribution in [2.24, 2.45) is 0 Å². The van der Waals surface area contributed by atoms with Crippen LogP contribution < -0.4 is 9.46 Å². The molecule has 0 amide bonds. The first kappa shape index (κ1) is 19.1. The van der Waals surface area contributed by atoms with Crippen molar-refractivity contribution in [3.8, 4) is 28.7 Å². The van der Waals surface area contributed by atoms with Gasteiger partial charge in [0.2, 0.25) is 21.8 Å². The van der Waals surface area contributed by atoms with Crippen LogP contribution >= 0.6 is 0 Å². The van der Waals surface area contributed by atoms with Crippen LogP contribution in [0.2, 0.25) is 0 Å². The second kappa shape index (κ2) is 7.89. The van der Waals surface area contributed by atoms with E-state index in [4.69, 9.17) is 9.15 Å². The van der Waals surface area contributed by atoms with Crippen molar-refractivity contribution < 1.29 is 17.6 Å². The lowest BCUT2D eigenvalue weighted by Gasteiger charge is -2.15. The fraction of sp³-hybridized carbons (Fsp3) is 0.263. The predicted octanol–water partition coefficient (Wildman–Crippen LogP) is 3.49. The molecule has 1 unspecified atom stereocenters. The number of sulfonamides is 1. The molecule has 8 heteroatoms. The van der Waals surface area contributed by atoms with Gasteiger partial charge in [-0.25, -0.2) is 13.1 Å². The van der Waals surface area contributed by atoms with Crippen LogP contribution in [0.25, 0.3) is 22.9 Å². The summed E-state index contributed by atoms with van der Waals surface area (Å²) in [5, 5.41) is 8.09. The highest BCUT2D eigenvalue weighted by atomic mass is 32.2. The van der Waals surface area contributed by atoms with Crippen molar-refractivity contribution in [3.63, 3.8) is 0 Å². The summed E-state index contributed by atoms with van der Waals surface area (Å²) in [6.07, 6.45) is 0.672. The number of methoxy groups -OCH3 is 1. The van der Waals surface area contributed by atoms with Crippen molar-refractivity contribution >= 4 is 10.0 Å². The molecule has 0 bridgehead atoms. The number of ether oxygens (including phenoxy) is 1. The third-order valence-corrected chi connectivity index (χ3v) is 5.73. The van der Waals surface area contributed by atoms with Gasteiger partial charge in [-0.3, -0.25) is 0 Å². The van der Waals surface area contributed by atoms with Gasteiger partial charge in [0.25, 0.3) is 0 Å². The number of hydrogen-bond donors (Lipinski definition) is 1. The molecule has 0 saturated carbocycles. The quantitative estimate of drug-likeness (QED) is 0.667. The zero-order valence-corrected chi connectivity index (χ0v) is 16.2. The topological polar surface area (TPSA) is 94.3 Å². The maximum atomic E-state index is 12.7. The van der Waals surface area contributed by atoms with E-state index in [9.17, 15) is 8.42 Å². The lowest BCUT2D eigenvalue weighted by atomic mass is 10.2. The van der Waals surface area contributed by atoms with Crippen LogP contribution in [0, 0.1) is 0 Å². The molecule has 2 aromatic carbocycles. The van der Waals surface area contributed by atoms with Gasteiger partial charge in [-0.15, -0.1) is 10.2 Å². The lowest BCUT2D eigenvalue weighted by molar-refractivity contribution is 0.402. The molecule has 3 aromatic rings. The van der Waals surface area contributed by atoms with Crippen LogP contribution in [-0.2, 0) is 10.0 Å². The van der Waals surface area contributed by atoms with E-state index in [0.29, 0.717) is 17.9 Å². The van der Waals surface area contributed by atoms with E-state index < -0.39 is 10.0 Å². The Balaban J connectivity index is 2.00. The number of aromatic nitrogens is 2. The molecule has 142 valence electrons. The summed E-state index contributed by atoms with van der Waals surface area (Å²) in [5.41, 5.74) is 1.28. The van der Waals surface area contributed by atoms with Gasteiger partial charge >= 0.3 is 0 Å². The summed E-state index contributed by atoms with van der Waals surface area (Å²) >= 11 is 0. The Labute approximate surface area is 158 Å². The molecule has 0 radical (unpaired) electrons. The number of rotatable bonds is 7. The van der Waals surface area contributed by atoms with Gasteiger partial charge in [0.15, 0.2) is 0 Å². The van der Waals surface area contributed by atoms with Crippen LogP contribution in [0.15, 0.2) is 57.8 Å². The maximum Gasteiger partial charge on any atom is 0.248 e. The molecule has 7 nitrogen and oxygen atoms in total. The molecule has 3 rings (SSSR count). The average molecular weight is 387 g/mol. The third kappa shape index (κ3) is 4.17. The van der Waals surface area contributed by atoms with E-state index in [0.717, 1.165) is 5.56 Å². The molecule has 0 aliphatic rings. The highest BCUT2D eigenvalue weighted by molar-refractivity contribution is 7.89. The maximum absolute atomic E-state index is 12.7. The van der Waals surface area contributed by atoms with Crippen LogP contribution in [0.3, 0.4) is 0 Å². The molecule has 0 saturated heterocycles. The van der Waals surface area contributed by atoms with Gasteiger partial charge in [0.05, 0.1) is 7.11 Å². The van der Waals surface area contributed by atoms with E-state index in [1.807, 2.05) is 37.3 Å². The van der Waals surface area contributed by atoms with Crippen LogP contribution in [0.1, 0.15) is 20.3 Å². The molecule has 1 heterocycles. The van der Waals surface area contributed by atoms with E-state index in [2.05, 4.69) is 14.9 Å². The fourth-order valence-corrected chi connectivity index (χ4v) is 3.99. The van der Waals surface area contributed by atoms with E-state index in [1.54, 1.807) is 19.1 Å². The summed E-state index contributed by atoms with van der Waals surface area (Å²) in [7, 11) is -2.33. The van der Waals surface area contributed by atoms with Gasteiger partial charge in [-0.2, -0.15) is 0 Å². The Morgan fingerprint density at radius 3 is 2.37 bits per heavy atom. The molecule has 1 N–H and O–H groups in total. The van der Waals surface area contributed by atoms with Crippen molar-refractivity contribution in [2.75, 3.05) is 7.11 Å². The zero-order valence-electron chi connectivity index (χ0n) is 15.3. The van der Waals surface area contributed by atoms with E-state index in [-0.39, 0.29) is 22.6 Å². The van der Waals surface area contributed by atoms with Gasteiger partial charge in [-0.1, -0.05) is 25.1 Å². The Kier molecular flexibility index (Phi) is 5.57. The highest BCUT2D eigenvalue weighted by Gasteiger charge is 2.23. The standard InChI is InChI=1S/C19H21N3O4S/c1-4-13(2)22-27(23,24)17-12-15(10-11-16(17)25-3)19-21-20-18(26-19)14-8-6-5-7-9-14/h5-13,22H,4H2,1-3H3. The SMILES string of the molecule is CCC(C)NS(=O)(=O)c1cc(-c2nnc(-c3ccccc3)o2)ccc1OC. The van der Waals surface area contributed by atoms with Crippen LogP contribution in [-0.4, -0.2) is 31.8 Å². The number of hydrogen-bond acceptors (Lipinski definition) is 6. The van der Waals surface area contributed by atoms with Crippen molar-refractivity contribution in [3.05, 3.63) is 48.5 Å². The Morgan fingerprint density at radius 1 is 1.07 bits per heavy atom. The van der Waals surface area contributed by atoms with Crippen LogP contribution in [0.4, 0.5) is 0 Å². The van der Waals surface area contributed by atoms with Gasteiger partial charge < -0.3 is 9.15 Å². The minimum absolute atomic E-state index is 0.0299. The van der Waals surface area contributed by atoms with Crippen molar-refractivity contribution in [1.29, 1.82) is 0 Å². The number of nitrogens with zero attached hydrogens (tertiary/aromatic N) is 2.